The summed E-state index contributed by atoms with van der Waals surface area (Å²) in [7, 11) is 2.17. The molecule has 1 aromatic rings. The van der Waals surface area contributed by atoms with Gasteiger partial charge in [-0.3, -0.25) is 0 Å². The third-order valence-corrected chi connectivity index (χ3v) is 3.44. The fraction of sp³-hybridized carbons (Fsp3) is 0.692. The Labute approximate surface area is 109 Å². The van der Waals surface area contributed by atoms with Crippen molar-refractivity contribution in [3.05, 3.63) is 11.9 Å². The van der Waals surface area contributed by atoms with Gasteiger partial charge in [0.25, 0.3) is 0 Å². The van der Waals surface area contributed by atoms with Crippen molar-refractivity contribution in [3.8, 4) is 0 Å². The molecule has 0 amide bonds. The summed E-state index contributed by atoms with van der Waals surface area (Å²) < 4.78 is 0. The zero-order valence-corrected chi connectivity index (χ0v) is 11.6. The van der Waals surface area contributed by atoms with Crippen molar-refractivity contribution in [1.82, 2.24) is 14.9 Å². The Morgan fingerprint density at radius 1 is 1.39 bits per heavy atom. The Balaban J connectivity index is 2.26. The largest absolute Gasteiger partial charge is 0.384 e. The maximum Gasteiger partial charge on any atom is 0.134 e. The number of aryl methyl sites for hydroxylation is 1. The van der Waals surface area contributed by atoms with Crippen LogP contribution in [0.1, 0.15) is 26.1 Å². The van der Waals surface area contributed by atoms with Crippen molar-refractivity contribution in [2.45, 2.75) is 32.7 Å². The number of nitrogens with zero attached hydrogens (tertiary/aromatic N) is 4. The van der Waals surface area contributed by atoms with E-state index < -0.39 is 0 Å². The molecule has 100 valence electrons. The molecule has 0 aromatic carbocycles. The zero-order valence-electron chi connectivity index (χ0n) is 11.6. The average Bonchev–Trinajstić information content (AvgIpc) is 2.49. The number of hydrogen-bond acceptors (Lipinski definition) is 5. The van der Waals surface area contributed by atoms with Crippen molar-refractivity contribution in [2.24, 2.45) is 0 Å². The second-order valence-corrected chi connectivity index (χ2v) is 5.08. The number of anilines is 2. The van der Waals surface area contributed by atoms with Crippen LogP contribution >= 0.6 is 0 Å². The van der Waals surface area contributed by atoms with E-state index in [1.165, 1.54) is 0 Å². The van der Waals surface area contributed by atoms with Gasteiger partial charge in [0.15, 0.2) is 0 Å². The maximum atomic E-state index is 5.87. The van der Waals surface area contributed by atoms with Crippen LogP contribution in [0.4, 0.5) is 11.6 Å². The first-order chi connectivity index (χ1) is 8.60. The number of hydrogen-bond donors (Lipinski definition) is 1. The van der Waals surface area contributed by atoms with E-state index in [0.717, 1.165) is 44.1 Å². The van der Waals surface area contributed by atoms with Crippen molar-refractivity contribution in [2.75, 3.05) is 37.3 Å². The Kier molecular flexibility index (Phi) is 4.01. The molecular formula is C13H23N5. The van der Waals surface area contributed by atoms with Gasteiger partial charge in [0.05, 0.1) is 0 Å². The predicted molar refractivity (Wildman–Crippen MR) is 74.7 cm³/mol. The molecule has 0 aliphatic carbocycles. The Bertz CT molecular complexity index is 406. The number of likely N-dealkylation sites (N-methyl/N-ethyl adjacent to an activating group) is 1. The summed E-state index contributed by atoms with van der Waals surface area (Å²) in [4.78, 5) is 13.6. The van der Waals surface area contributed by atoms with Gasteiger partial charge in [-0.2, -0.15) is 0 Å². The Hall–Kier alpha value is -1.36. The lowest BCUT2D eigenvalue weighted by Crippen LogP contribution is -2.38. The van der Waals surface area contributed by atoms with E-state index in [0.29, 0.717) is 11.9 Å². The Morgan fingerprint density at radius 2 is 2.17 bits per heavy atom. The van der Waals surface area contributed by atoms with Crippen LogP contribution < -0.4 is 10.6 Å². The summed E-state index contributed by atoms with van der Waals surface area (Å²) in [6, 6.07) is 2.34. The minimum Gasteiger partial charge on any atom is -0.384 e. The van der Waals surface area contributed by atoms with E-state index in [9.17, 15) is 0 Å². The molecule has 1 saturated heterocycles. The van der Waals surface area contributed by atoms with Crippen LogP contribution in [0.5, 0.6) is 0 Å². The van der Waals surface area contributed by atoms with E-state index in [4.69, 9.17) is 5.73 Å². The molecule has 1 aliphatic rings. The highest BCUT2D eigenvalue weighted by atomic mass is 15.3. The summed E-state index contributed by atoms with van der Waals surface area (Å²) >= 11 is 0. The van der Waals surface area contributed by atoms with E-state index in [1.807, 2.05) is 6.07 Å². The third-order valence-electron chi connectivity index (χ3n) is 3.44. The fourth-order valence-electron chi connectivity index (χ4n) is 2.52. The lowest BCUT2D eigenvalue weighted by molar-refractivity contribution is 0.337. The van der Waals surface area contributed by atoms with Crippen LogP contribution in [0, 0.1) is 0 Å². The van der Waals surface area contributed by atoms with Gasteiger partial charge in [-0.1, -0.05) is 6.92 Å². The zero-order chi connectivity index (χ0) is 13.1. The van der Waals surface area contributed by atoms with Gasteiger partial charge < -0.3 is 15.5 Å². The van der Waals surface area contributed by atoms with Crippen LogP contribution in [-0.2, 0) is 6.42 Å². The van der Waals surface area contributed by atoms with Crippen molar-refractivity contribution in [1.29, 1.82) is 0 Å². The van der Waals surface area contributed by atoms with Gasteiger partial charge in [0.2, 0.25) is 0 Å². The van der Waals surface area contributed by atoms with Crippen LogP contribution in [-0.4, -0.2) is 47.6 Å². The van der Waals surface area contributed by atoms with Crippen molar-refractivity contribution >= 4 is 11.6 Å². The van der Waals surface area contributed by atoms with Crippen LogP contribution in [0.3, 0.4) is 0 Å². The molecule has 2 rings (SSSR count). The van der Waals surface area contributed by atoms with Gasteiger partial charge in [0, 0.05) is 31.6 Å². The molecule has 1 unspecified atom stereocenters. The number of rotatable bonds is 2. The van der Waals surface area contributed by atoms with Gasteiger partial charge in [0.1, 0.15) is 17.5 Å². The topological polar surface area (TPSA) is 58.3 Å². The maximum absolute atomic E-state index is 5.87. The second-order valence-electron chi connectivity index (χ2n) is 5.08. The molecule has 5 heteroatoms. The monoisotopic (exact) mass is 249 g/mol. The molecule has 0 saturated carbocycles. The molecule has 0 spiro atoms. The lowest BCUT2D eigenvalue weighted by atomic mass is 10.2. The minimum absolute atomic E-state index is 0.455. The van der Waals surface area contributed by atoms with Gasteiger partial charge in [-0.15, -0.1) is 0 Å². The quantitative estimate of drug-likeness (QED) is 0.852. The van der Waals surface area contributed by atoms with E-state index in [2.05, 4.69) is 40.7 Å². The molecular weight excluding hydrogens is 226 g/mol. The molecule has 18 heavy (non-hydrogen) atoms. The first kappa shape index (κ1) is 13.1. The SMILES string of the molecule is CCc1nc(N)cc(N2CCCN(C)CC2C)n1. The summed E-state index contributed by atoms with van der Waals surface area (Å²) in [5, 5.41) is 0. The smallest absolute Gasteiger partial charge is 0.134 e. The standard InChI is InChI=1S/C13H23N5/c1-4-12-15-11(14)8-13(16-12)18-7-5-6-17(3)9-10(18)2/h8,10H,4-7,9H2,1-3H3,(H2,14,15,16). The Morgan fingerprint density at radius 3 is 2.89 bits per heavy atom. The molecule has 5 nitrogen and oxygen atoms in total. The van der Waals surface area contributed by atoms with E-state index >= 15 is 0 Å². The van der Waals surface area contributed by atoms with E-state index in [-0.39, 0.29) is 0 Å². The van der Waals surface area contributed by atoms with Gasteiger partial charge >= 0.3 is 0 Å². The van der Waals surface area contributed by atoms with Crippen LogP contribution in [0.15, 0.2) is 6.07 Å². The van der Waals surface area contributed by atoms with Gasteiger partial charge in [-0.25, -0.2) is 9.97 Å². The first-order valence-corrected chi connectivity index (χ1v) is 6.68. The normalized spacial score (nSPS) is 21.9. The molecule has 0 bridgehead atoms. The van der Waals surface area contributed by atoms with Crippen LogP contribution in [0.2, 0.25) is 0 Å². The van der Waals surface area contributed by atoms with Crippen molar-refractivity contribution in [3.63, 3.8) is 0 Å². The minimum atomic E-state index is 0.455. The lowest BCUT2D eigenvalue weighted by Gasteiger charge is -2.29. The summed E-state index contributed by atoms with van der Waals surface area (Å²) in [5.41, 5.74) is 5.87. The molecule has 2 N–H and O–H groups in total. The summed E-state index contributed by atoms with van der Waals surface area (Å²) in [6.45, 7) is 7.53. The predicted octanol–water partition coefficient (Wildman–Crippen LogP) is 1.15. The molecule has 1 atom stereocenters. The highest BCUT2D eigenvalue weighted by Crippen LogP contribution is 2.20. The molecule has 2 heterocycles. The first-order valence-electron chi connectivity index (χ1n) is 6.68. The van der Waals surface area contributed by atoms with Crippen molar-refractivity contribution < 1.29 is 0 Å². The van der Waals surface area contributed by atoms with Crippen LogP contribution in [0.25, 0.3) is 0 Å². The highest BCUT2D eigenvalue weighted by Gasteiger charge is 2.21. The van der Waals surface area contributed by atoms with E-state index in [1.54, 1.807) is 0 Å². The second kappa shape index (κ2) is 5.52. The molecule has 1 fully saturated rings. The fourth-order valence-corrected chi connectivity index (χ4v) is 2.52. The third kappa shape index (κ3) is 2.90. The number of aromatic nitrogens is 2. The molecule has 1 aliphatic heterocycles. The van der Waals surface area contributed by atoms with Gasteiger partial charge in [-0.05, 0) is 26.9 Å². The highest BCUT2D eigenvalue weighted by molar-refractivity contribution is 5.48. The summed E-state index contributed by atoms with van der Waals surface area (Å²) in [5.74, 6) is 2.37. The average molecular weight is 249 g/mol. The summed E-state index contributed by atoms with van der Waals surface area (Å²) in [6.07, 6.45) is 1.98. The number of nitrogen functional groups attached to an aromatic ring is 1. The molecule has 0 radical (unpaired) electrons. The number of nitrogens with two attached hydrogens (primary N) is 1. The molecule has 1 aromatic heterocycles.